The van der Waals surface area contributed by atoms with E-state index in [0.717, 1.165) is 32.4 Å². The van der Waals surface area contributed by atoms with Gasteiger partial charge in [-0.2, -0.15) is 4.31 Å². The van der Waals surface area contributed by atoms with Gasteiger partial charge in [0, 0.05) is 32.2 Å². The number of carbonyl (C=O) groups excluding carboxylic acids is 2. The molecule has 4 rings (SSSR count). The molecule has 1 atom stereocenters. The highest BCUT2D eigenvalue weighted by atomic mass is 32.2. The molecule has 0 unspecified atom stereocenters. The van der Waals surface area contributed by atoms with Crippen LogP contribution in [-0.4, -0.2) is 75.0 Å². The van der Waals surface area contributed by atoms with E-state index in [0.29, 0.717) is 30.9 Å². The lowest BCUT2D eigenvalue weighted by Crippen LogP contribution is -2.48. The summed E-state index contributed by atoms with van der Waals surface area (Å²) in [5.74, 6) is 0.0619. The van der Waals surface area contributed by atoms with Crippen LogP contribution in [0.15, 0.2) is 23.1 Å². The molecule has 0 spiro atoms. The Morgan fingerprint density at radius 1 is 1.06 bits per heavy atom. The summed E-state index contributed by atoms with van der Waals surface area (Å²) in [5, 5.41) is 0. The maximum atomic E-state index is 13.1. The number of fused-ring (bicyclic) bond motifs is 1. The first kappa shape index (κ1) is 22.8. The molecule has 2 saturated heterocycles. The van der Waals surface area contributed by atoms with Crippen molar-refractivity contribution in [2.45, 2.75) is 50.0 Å². The largest absolute Gasteiger partial charge is 0.485 e. The molecule has 176 valence electrons. The van der Waals surface area contributed by atoms with Gasteiger partial charge >= 0.3 is 5.97 Å². The first-order valence-corrected chi connectivity index (χ1v) is 12.7. The van der Waals surface area contributed by atoms with E-state index >= 15 is 0 Å². The van der Waals surface area contributed by atoms with Crippen LogP contribution in [0.1, 0.15) is 39.0 Å². The lowest BCUT2D eigenvalue weighted by Gasteiger charge is -2.33. The van der Waals surface area contributed by atoms with Crippen LogP contribution in [0.5, 0.6) is 11.5 Å². The summed E-state index contributed by atoms with van der Waals surface area (Å²) in [6.07, 6.45) is 3.27. The van der Waals surface area contributed by atoms with Gasteiger partial charge in [-0.25, -0.2) is 8.42 Å². The van der Waals surface area contributed by atoms with E-state index in [1.54, 1.807) is 17.9 Å². The van der Waals surface area contributed by atoms with Crippen LogP contribution in [0.3, 0.4) is 0 Å². The Labute approximate surface area is 188 Å². The number of amides is 1. The number of hydrogen-bond donors (Lipinski definition) is 0. The van der Waals surface area contributed by atoms with Gasteiger partial charge < -0.3 is 19.1 Å². The van der Waals surface area contributed by atoms with Crippen LogP contribution in [-0.2, 0) is 24.3 Å². The summed E-state index contributed by atoms with van der Waals surface area (Å²) >= 11 is 0. The van der Waals surface area contributed by atoms with Crippen molar-refractivity contribution in [3.05, 3.63) is 18.2 Å². The molecule has 2 fully saturated rings. The fourth-order valence-electron chi connectivity index (χ4n) is 4.39. The van der Waals surface area contributed by atoms with E-state index in [2.05, 4.69) is 0 Å². The summed E-state index contributed by atoms with van der Waals surface area (Å²) in [7, 11) is -3.73. The van der Waals surface area contributed by atoms with E-state index in [1.165, 1.54) is 16.4 Å². The van der Waals surface area contributed by atoms with Crippen molar-refractivity contribution in [3.8, 4) is 11.5 Å². The number of piperidine rings is 2. The van der Waals surface area contributed by atoms with Gasteiger partial charge in [-0.3, -0.25) is 9.59 Å². The van der Waals surface area contributed by atoms with Crippen molar-refractivity contribution in [2.24, 2.45) is 5.92 Å². The predicted molar refractivity (Wildman–Crippen MR) is 115 cm³/mol. The molecule has 9 nitrogen and oxygen atoms in total. The molecule has 1 amide bonds. The number of carbonyl (C=O) groups is 2. The highest BCUT2D eigenvalue weighted by Gasteiger charge is 2.35. The SMILES string of the molecule is CCOC(=O)C1CCN(S(=O)(=O)c2ccc3c(c2)OC[C@@H](C(=O)N2CCCCC2)O3)CC1. The first-order valence-electron chi connectivity index (χ1n) is 11.3. The second-order valence-corrected chi connectivity index (χ2v) is 10.3. The van der Waals surface area contributed by atoms with Gasteiger partial charge in [-0.05, 0) is 51.2 Å². The molecule has 1 aromatic carbocycles. The number of rotatable bonds is 5. The van der Waals surface area contributed by atoms with Crippen molar-refractivity contribution < 1.29 is 32.2 Å². The molecule has 3 heterocycles. The Hall–Kier alpha value is -2.33. The third-order valence-corrected chi connectivity index (χ3v) is 8.12. The van der Waals surface area contributed by atoms with E-state index in [4.69, 9.17) is 14.2 Å². The van der Waals surface area contributed by atoms with Crippen LogP contribution in [0, 0.1) is 5.92 Å². The Morgan fingerprint density at radius 2 is 1.78 bits per heavy atom. The summed E-state index contributed by atoms with van der Waals surface area (Å²) < 4.78 is 44.2. The molecule has 32 heavy (non-hydrogen) atoms. The van der Waals surface area contributed by atoms with Gasteiger partial charge in [-0.1, -0.05) is 0 Å². The quantitative estimate of drug-likeness (QED) is 0.610. The van der Waals surface area contributed by atoms with Crippen molar-refractivity contribution >= 4 is 21.9 Å². The molecular weight excluding hydrogens is 436 g/mol. The standard InChI is InChI=1S/C22H30N2O7S/c1-2-29-22(26)16-8-12-24(13-9-16)32(27,28)17-6-7-18-19(14-17)30-15-20(31-18)21(25)23-10-4-3-5-11-23/h6-7,14,16,20H,2-5,8-13,15H2,1H3/t20-/m0/s1. The number of nitrogens with zero attached hydrogens (tertiary/aromatic N) is 2. The molecular formula is C22H30N2O7S. The number of likely N-dealkylation sites (tertiary alicyclic amines) is 1. The lowest BCUT2D eigenvalue weighted by atomic mass is 9.98. The molecule has 0 bridgehead atoms. The zero-order valence-electron chi connectivity index (χ0n) is 18.3. The fourth-order valence-corrected chi connectivity index (χ4v) is 5.88. The summed E-state index contributed by atoms with van der Waals surface area (Å²) in [5.41, 5.74) is 0. The number of hydrogen-bond acceptors (Lipinski definition) is 7. The van der Waals surface area contributed by atoms with Gasteiger partial charge in [0.05, 0.1) is 17.4 Å². The highest BCUT2D eigenvalue weighted by Crippen LogP contribution is 2.36. The average molecular weight is 467 g/mol. The molecule has 3 aliphatic rings. The van der Waals surface area contributed by atoms with Crippen LogP contribution in [0.25, 0.3) is 0 Å². The fraction of sp³-hybridized carbons (Fsp3) is 0.636. The molecule has 3 aliphatic heterocycles. The van der Waals surface area contributed by atoms with Gasteiger partial charge in [-0.15, -0.1) is 0 Å². The summed E-state index contributed by atoms with van der Waals surface area (Å²) in [6, 6.07) is 4.47. The lowest BCUT2D eigenvalue weighted by molar-refractivity contribution is -0.149. The van der Waals surface area contributed by atoms with E-state index in [-0.39, 0.29) is 42.4 Å². The average Bonchev–Trinajstić information content (AvgIpc) is 2.83. The Kier molecular flexibility index (Phi) is 6.90. The van der Waals surface area contributed by atoms with Gasteiger partial charge in [0.1, 0.15) is 6.61 Å². The van der Waals surface area contributed by atoms with E-state index in [9.17, 15) is 18.0 Å². The van der Waals surface area contributed by atoms with E-state index < -0.39 is 16.1 Å². The second kappa shape index (κ2) is 9.66. The molecule has 0 aliphatic carbocycles. The number of benzene rings is 1. The topological polar surface area (TPSA) is 102 Å². The predicted octanol–water partition coefficient (Wildman–Crippen LogP) is 1.80. The Bertz CT molecular complexity index is 951. The minimum atomic E-state index is -3.73. The minimum Gasteiger partial charge on any atom is -0.485 e. The Balaban J connectivity index is 1.41. The van der Waals surface area contributed by atoms with Gasteiger partial charge in [0.15, 0.2) is 11.5 Å². The minimum absolute atomic E-state index is 0.0523. The number of sulfonamides is 1. The molecule has 0 N–H and O–H groups in total. The van der Waals surface area contributed by atoms with Crippen molar-refractivity contribution in [3.63, 3.8) is 0 Å². The first-order chi connectivity index (χ1) is 15.4. The molecule has 10 heteroatoms. The normalized spacial score (nSPS) is 22.4. The van der Waals surface area contributed by atoms with Gasteiger partial charge in [0.25, 0.3) is 5.91 Å². The molecule has 0 radical (unpaired) electrons. The van der Waals surface area contributed by atoms with Crippen LogP contribution < -0.4 is 9.47 Å². The van der Waals surface area contributed by atoms with Crippen LogP contribution in [0.4, 0.5) is 0 Å². The van der Waals surface area contributed by atoms with Crippen molar-refractivity contribution in [1.82, 2.24) is 9.21 Å². The highest BCUT2D eigenvalue weighted by molar-refractivity contribution is 7.89. The molecule has 1 aromatic rings. The number of ether oxygens (including phenoxy) is 3. The molecule has 0 saturated carbocycles. The van der Waals surface area contributed by atoms with Crippen LogP contribution in [0.2, 0.25) is 0 Å². The third-order valence-electron chi connectivity index (χ3n) is 6.23. The summed E-state index contributed by atoms with van der Waals surface area (Å²) in [6.45, 7) is 4.10. The summed E-state index contributed by atoms with van der Waals surface area (Å²) in [4.78, 5) is 26.5. The smallest absolute Gasteiger partial charge is 0.309 e. The third kappa shape index (κ3) is 4.71. The van der Waals surface area contributed by atoms with Gasteiger partial charge in [0.2, 0.25) is 16.1 Å². The van der Waals surface area contributed by atoms with Crippen molar-refractivity contribution in [1.29, 1.82) is 0 Å². The zero-order chi connectivity index (χ0) is 22.7. The maximum Gasteiger partial charge on any atom is 0.309 e. The van der Waals surface area contributed by atoms with Crippen molar-refractivity contribution in [2.75, 3.05) is 39.4 Å². The monoisotopic (exact) mass is 466 g/mol. The maximum absolute atomic E-state index is 13.1. The number of esters is 1. The van der Waals surface area contributed by atoms with E-state index in [1.807, 2.05) is 0 Å². The molecule has 0 aromatic heterocycles. The Morgan fingerprint density at radius 3 is 2.47 bits per heavy atom. The van der Waals surface area contributed by atoms with Crippen LogP contribution >= 0.6 is 0 Å². The second-order valence-electron chi connectivity index (χ2n) is 8.34. The zero-order valence-corrected chi connectivity index (χ0v) is 19.1.